The Balaban J connectivity index is 1.22. The topological polar surface area (TPSA) is 85.5 Å². The molecule has 4 rings (SSSR count). The maximum absolute atomic E-state index is 12.5. The molecule has 1 aliphatic heterocycles. The first kappa shape index (κ1) is 19.8. The van der Waals surface area contributed by atoms with Crippen molar-refractivity contribution in [3.8, 4) is 0 Å². The molecule has 0 spiro atoms. The minimum absolute atomic E-state index is 0.00833. The van der Waals surface area contributed by atoms with E-state index in [9.17, 15) is 8.42 Å². The number of hydrogen-bond acceptors (Lipinski definition) is 6. The summed E-state index contributed by atoms with van der Waals surface area (Å²) in [5.41, 5.74) is 1.90. The van der Waals surface area contributed by atoms with Crippen molar-refractivity contribution >= 4 is 10.0 Å². The predicted octanol–water partition coefficient (Wildman–Crippen LogP) is 2.76. The summed E-state index contributed by atoms with van der Waals surface area (Å²) in [6.45, 7) is 1.79. The Morgan fingerprint density at radius 3 is 2.34 bits per heavy atom. The maximum Gasteiger partial charge on any atom is 0.232 e. The molecule has 1 aliphatic rings. The van der Waals surface area contributed by atoms with E-state index < -0.39 is 10.0 Å². The Morgan fingerprint density at radius 1 is 1.00 bits per heavy atom. The first-order valence-corrected chi connectivity index (χ1v) is 11.2. The molecule has 0 N–H and O–H groups in total. The molecule has 7 nitrogen and oxygen atoms in total. The van der Waals surface area contributed by atoms with Gasteiger partial charge in [0.1, 0.15) is 0 Å². The summed E-state index contributed by atoms with van der Waals surface area (Å²) in [4.78, 5) is 4.40. The SMILES string of the molecule is O=S(=O)(Cc1ccccc1)N1CC(c2nc(CCOCc3ccccc3)no2)C1. The number of benzene rings is 2. The van der Waals surface area contributed by atoms with Gasteiger partial charge in [-0.25, -0.2) is 8.42 Å². The van der Waals surface area contributed by atoms with E-state index in [-0.39, 0.29) is 11.7 Å². The first-order valence-electron chi connectivity index (χ1n) is 9.56. The molecule has 1 fully saturated rings. The van der Waals surface area contributed by atoms with E-state index >= 15 is 0 Å². The van der Waals surface area contributed by atoms with Crippen molar-refractivity contribution in [2.75, 3.05) is 19.7 Å². The van der Waals surface area contributed by atoms with Crippen LogP contribution >= 0.6 is 0 Å². The molecule has 3 aromatic rings. The van der Waals surface area contributed by atoms with Crippen LogP contribution in [0.25, 0.3) is 0 Å². The van der Waals surface area contributed by atoms with E-state index in [4.69, 9.17) is 9.26 Å². The zero-order valence-electron chi connectivity index (χ0n) is 16.0. The van der Waals surface area contributed by atoms with Gasteiger partial charge in [0, 0.05) is 19.5 Å². The second-order valence-electron chi connectivity index (χ2n) is 7.09. The Kier molecular flexibility index (Phi) is 6.03. The number of ether oxygens (including phenoxy) is 1. The summed E-state index contributed by atoms with van der Waals surface area (Å²) in [6.07, 6.45) is 0.555. The molecule has 0 radical (unpaired) electrons. The van der Waals surface area contributed by atoms with Gasteiger partial charge in [0.25, 0.3) is 0 Å². The lowest BCUT2D eigenvalue weighted by Gasteiger charge is -2.35. The third-order valence-electron chi connectivity index (χ3n) is 4.85. The van der Waals surface area contributed by atoms with Crippen LogP contribution in [0.15, 0.2) is 65.2 Å². The van der Waals surface area contributed by atoms with Crippen LogP contribution in [0.1, 0.15) is 28.8 Å². The Morgan fingerprint density at radius 2 is 1.66 bits per heavy atom. The molecule has 1 aromatic heterocycles. The Labute approximate surface area is 170 Å². The molecule has 152 valence electrons. The smallest absolute Gasteiger partial charge is 0.232 e. The number of sulfonamides is 1. The molecule has 2 heterocycles. The fourth-order valence-electron chi connectivity index (χ4n) is 3.16. The lowest BCUT2D eigenvalue weighted by Crippen LogP contribution is -2.48. The molecule has 0 atom stereocenters. The van der Waals surface area contributed by atoms with E-state index in [1.165, 1.54) is 4.31 Å². The van der Waals surface area contributed by atoms with Crippen LogP contribution in [-0.2, 0) is 33.5 Å². The summed E-state index contributed by atoms with van der Waals surface area (Å²) in [5.74, 6) is 1.04. The molecule has 0 bridgehead atoms. The highest BCUT2D eigenvalue weighted by molar-refractivity contribution is 7.88. The van der Waals surface area contributed by atoms with Gasteiger partial charge in [-0.15, -0.1) is 0 Å². The summed E-state index contributed by atoms with van der Waals surface area (Å²) in [6, 6.07) is 19.1. The number of rotatable bonds is 9. The maximum atomic E-state index is 12.5. The van der Waals surface area contributed by atoms with E-state index in [1.54, 1.807) is 0 Å². The second-order valence-corrected chi connectivity index (χ2v) is 9.06. The first-order chi connectivity index (χ1) is 14.1. The Bertz CT molecular complexity index is 1020. The fraction of sp³-hybridized carbons (Fsp3) is 0.333. The highest BCUT2D eigenvalue weighted by Crippen LogP contribution is 2.29. The highest BCUT2D eigenvalue weighted by Gasteiger charge is 2.39. The van der Waals surface area contributed by atoms with Gasteiger partial charge in [0.15, 0.2) is 5.82 Å². The summed E-state index contributed by atoms with van der Waals surface area (Å²) < 4.78 is 37.4. The van der Waals surface area contributed by atoms with Crippen molar-refractivity contribution < 1.29 is 17.7 Å². The quantitative estimate of drug-likeness (QED) is 0.502. The predicted molar refractivity (Wildman–Crippen MR) is 107 cm³/mol. The normalized spacial score (nSPS) is 15.3. The van der Waals surface area contributed by atoms with Gasteiger partial charge in [-0.3, -0.25) is 0 Å². The molecule has 2 aromatic carbocycles. The van der Waals surface area contributed by atoms with Crippen LogP contribution in [-0.4, -0.2) is 42.6 Å². The van der Waals surface area contributed by atoms with Crippen molar-refractivity contribution in [3.05, 3.63) is 83.5 Å². The van der Waals surface area contributed by atoms with Crippen LogP contribution in [0, 0.1) is 0 Å². The third kappa shape index (κ3) is 5.09. The monoisotopic (exact) mass is 413 g/mol. The van der Waals surface area contributed by atoms with E-state index in [0.717, 1.165) is 11.1 Å². The van der Waals surface area contributed by atoms with Gasteiger partial charge in [0.05, 0.1) is 24.9 Å². The summed E-state index contributed by atoms with van der Waals surface area (Å²) in [5, 5.41) is 3.98. The highest BCUT2D eigenvalue weighted by atomic mass is 32.2. The van der Waals surface area contributed by atoms with Crippen LogP contribution < -0.4 is 0 Å². The van der Waals surface area contributed by atoms with Crippen molar-refractivity contribution in [1.29, 1.82) is 0 Å². The van der Waals surface area contributed by atoms with E-state index in [0.29, 0.717) is 44.4 Å². The van der Waals surface area contributed by atoms with Crippen LogP contribution in [0.5, 0.6) is 0 Å². The lowest BCUT2D eigenvalue weighted by atomic mass is 10.0. The minimum Gasteiger partial charge on any atom is -0.376 e. The van der Waals surface area contributed by atoms with Crippen molar-refractivity contribution in [2.45, 2.75) is 24.7 Å². The van der Waals surface area contributed by atoms with Gasteiger partial charge in [-0.2, -0.15) is 9.29 Å². The summed E-state index contributed by atoms with van der Waals surface area (Å²) >= 11 is 0. The van der Waals surface area contributed by atoms with Gasteiger partial charge in [0.2, 0.25) is 15.9 Å². The second kappa shape index (κ2) is 8.86. The number of hydrogen-bond donors (Lipinski definition) is 0. The Hall–Kier alpha value is -2.55. The number of aromatic nitrogens is 2. The molecule has 0 aliphatic carbocycles. The molecule has 0 amide bonds. The van der Waals surface area contributed by atoms with Gasteiger partial charge >= 0.3 is 0 Å². The van der Waals surface area contributed by atoms with Crippen LogP contribution in [0.3, 0.4) is 0 Å². The van der Waals surface area contributed by atoms with Gasteiger partial charge < -0.3 is 9.26 Å². The van der Waals surface area contributed by atoms with Gasteiger partial charge in [-0.1, -0.05) is 65.8 Å². The summed E-state index contributed by atoms with van der Waals surface area (Å²) in [7, 11) is -3.33. The zero-order chi connectivity index (χ0) is 20.1. The van der Waals surface area contributed by atoms with Crippen molar-refractivity contribution in [2.24, 2.45) is 0 Å². The molecule has 1 saturated heterocycles. The molecular weight excluding hydrogens is 390 g/mol. The van der Waals surface area contributed by atoms with Crippen molar-refractivity contribution in [3.63, 3.8) is 0 Å². The zero-order valence-corrected chi connectivity index (χ0v) is 16.8. The average molecular weight is 413 g/mol. The largest absolute Gasteiger partial charge is 0.376 e. The fourth-order valence-corrected chi connectivity index (χ4v) is 4.77. The van der Waals surface area contributed by atoms with Gasteiger partial charge in [-0.05, 0) is 11.1 Å². The average Bonchev–Trinajstić information content (AvgIpc) is 3.13. The minimum atomic E-state index is -3.33. The van der Waals surface area contributed by atoms with Crippen molar-refractivity contribution in [1.82, 2.24) is 14.4 Å². The third-order valence-corrected chi connectivity index (χ3v) is 6.63. The van der Waals surface area contributed by atoms with Crippen LogP contribution in [0.2, 0.25) is 0 Å². The molecule has 29 heavy (non-hydrogen) atoms. The van der Waals surface area contributed by atoms with E-state index in [2.05, 4.69) is 10.1 Å². The standard InChI is InChI=1S/C21H23N3O4S/c25-29(26,16-18-9-5-2-6-10-18)24-13-19(14-24)21-22-20(23-28-21)11-12-27-15-17-7-3-1-4-8-17/h1-10,19H,11-16H2. The molecule has 0 saturated carbocycles. The molecular formula is C21H23N3O4S. The molecule has 8 heteroatoms. The molecule has 0 unspecified atom stereocenters. The van der Waals surface area contributed by atoms with Crippen LogP contribution in [0.4, 0.5) is 0 Å². The van der Waals surface area contributed by atoms with E-state index in [1.807, 2.05) is 60.7 Å². The number of nitrogens with zero attached hydrogens (tertiary/aromatic N) is 3. The lowest BCUT2D eigenvalue weighted by molar-refractivity contribution is 0.122.